The smallest absolute Gasteiger partial charge is 0.252 e. The maximum absolute atomic E-state index is 2.80. The topological polar surface area (TPSA) is 11.4 Å². The van der Waals surface area contributed by atoms with E-state index in [9.17, 15) is 0 Å². The van der Waals surface area contributed by atoms with E-state index in [4.69, 9.17) is 0 Å². The Morgan fingerprint density at radius 1 is 0.220 bits per heavy atom. The van der Waals surface area contributed by atoms with Crippen molar-refractivity contribution < 1.29 is 0 Å². The van der Waals surface area contributed by atoms with Gasteiger partial charge in [-0.2, -0.15) is 0 Å². The molecule has 2 aliphatic heterocycles. The number of benzene rings is 17. The van der Waals surface area contributed by atoms with E-state index in [1.807, 2.05) is 0 Å². The third kappa shape index (κ3) is 6.88. The van der Waals surface area contributed by atoms with E-state index in [2.05, 4.69) is 390 Å². The third-order valence-corrected chi connectivity index (χ3v) is 26.6. The zero-order chi connectivity index (χ0) is 70.7. The van der Waals surface area contributed by atoms with Crippen molar-refractivity contribution in [2.75, 3.05) is 9.80 Å². The normalized spacial score (nSPS) is 15.0. The van der Waals surface area contributed by atoms with Gasteiger partial charge < -0.3 is 14.4 Å². The second kappa shape index (κ2) is 20.8. The lowest BCUT2D eigenvalue weighted by Gasteiger charge is -2.47. The standard InChI is InChI=1S/C105H62BN3/c1-2-27-63(28-3-1)64-53-55-65(56-54-64)108-95-61-66(107-91-50-24-13-37-75(91)76-38-14-25-51-92(76)107)62-96-100(95)106(90-59-57-78-74-36-11-22-48-87(74)105(99(78)102(90)108)84-45-19-8-33-71(84)72-34-9-20-46-85(72)105)101-94(60-58-89-97(101)79-39-12-23-49-88(79)103(89)80-41-15-4-29-67(80)68-30-5-16-42-81(68)103)109(96)93-52-26-40-77-73-35-10-21-47-86(73)104(98(77)93)82-43-17-6-31-69(82)70-32-7-18-44-83(70)104/h1-62H. The molecule has 0 fully saturated rings. The summed E-state index contributed by atoms with van der Waals surface area (Å²) in [5, 5.41) is 2.44. The molecule has 17 aromatic carbocycles. The minimum absolute atomic E-state index is 0.336. The maximum Gasteiger partial charge on any atom is 0.252 e. The van der Waals surface area contributed by atoms with Crippen molar-refractivity contribution in [1.82, 2.24) is 4.57 Å². The van der Waals surface area contributed by atoms with Crippen LogP contribution in [0.15, 0.2) is 376 Å². The summed E-state index contributed by atoms with van der Waals surface area (Å²) in [7, 11) is 0. The van der Waals surface area contributed by atoms with E-state index in [-0.39, 0.29) is 6.71 Å². The third-order valence-electron chi connectivity index (χ3n) is 26.6. The van der Waals surface area contributed by atoms with Crippen molar-refractivity contribution in [3.8, 4) is 83.6 Å². The first kappa shape index (κ1) is 58.5. The molecule has 3 nitrogen and oxygen atoms in total. The Hall–Kier alpha value is -13.8. The molecule has 3 spiro atoms. The van der Waals surface area contributed by atoms with Gasteiger partial charge in [0.1, 0.15) is 0 Å². The zero-order valence-corrected chi connectivity index (χ0v) is 59.2. The summed E-state index contributed by atoms with van der Waals surface area (Å²) in [6, 6.07) is 146. The van der Waals surface area contributed by atoms with Crippen LogP contribution in [0.4, 0.5) is 34.1 Å². The molecule has 0 atom stereocenters. The van der Waals surface area contributed by atoms with Crippen LogP contribution in [0.3, 0.4) is 0 Å². The van der Waals surface area contributed by atoms with E-state index in [1.165, 1.54) is 183 Å². The number of para-hydroxylation sites is 2. The lowest BCUT2D eigenvalue weighted by Crippen LogP contribution is -2.62. The summed E-state index contributed by atoms with van der Waals surface area (Å²) < 4.78 is 2.58. The monoisotopic (exact) mass is 1380 g/mol. The van der Waals surface area contributed by atoms with Gasteiger partial charge in [0.15, 0.2) is 0 Å². The highest BCUT2D eigenvalue weighted by atomic mass is 15.2. The largest absolute Gasteiger partial charge is 0.311 e. The number of anilines is 6. The average molecular weight is 1380 g/mol. The Morgan fingerprint density at radius 3 is 1.11 bits per heavy atom. The molecule has 3 heterocycles. The molecule has 0 saturated carbocycles. The molecule has 0 bridgehead atoms. The van der Waals surface area contributed by atoms with Gasteiger partial charge in [0.2, 0.25) is 0 Å². The van der Waals surface area contributed by atoms with Crippen LogP contribution in [0.1, 0.15) is 66.8 Å². The van der Waals surface area contributed by atoms with Crippen molar-refractivity contribution in [3.63, 3.8) is 0 Å². The van der Waals surface area contributed by atoms with Gasteiger partial charge in [0.05, 0.1) is 38.7 Å². The lowest BCUT2D eigenvalue weighted by molar-refractivity contribution is 0.792. The molecular formula is C105H62BN3. The van der Waals surface area contributed by atoms with Gasteiger partial charge in [-0.25, -0.2) is 0 Å². The SMILES string of the molecule is c1ccc(-c2ccc(N3c4cc(-n5c6ccccc6c6ccccc65)cc5c4B(c4ccc6c(c43)C3(c4ccccc4-c4ccccc43)c3ccccc3-6)c3c(ccc4c3-c3ccccc3C43c4ccccc4-c4ccccc43)N5c3cccc4c3C3(c5ccccc5-c5ccccc53)c3ccccc3-4)cc2)cc1. The Balaban J connectivity index is 0.877. The molecule has 0 saturated heterocycles. The highest BCUT2D eigenvalue weighted by Crippen LogP contribution is 2.70. The predicted octanol–water partition coefficient (Wildman–Crippen LogP) is 23.6. The van der Waals surface area contributed by atoms with Crippen LogP contribution in [0.25, 0.3) is 105 Å². The highest BCUT2D eigenvalue weighted by molar-refractivity contribution is 7.01. The minimum Gasteiger partial charge on any atom is -0.311 e. The van der Waals surface area contributed by atoms with Gasteiger partial charge >= 0.3 is 0 Å². The van der Waals surface area contributed by atoms with Gasteiger partial charge in [0.25, 0.3) is 6.71 Å². The quantitative estimate of drug-likeness (QED) is 0.163. The Labute approximate surface area is 631 Å². The molecule has 26 rings (SSSR count). The number of aromatic nitrogens is 1. The molecule has 0 radical (unpaired) electrons. The Morgan fingerprint density at radius 2 is 0.606 bits per heavy atom. The first-order chi connectivity index (χ1) is 54.1. The molecular weight excluding hydrogens is 1310 g/mol. The molecule has 0 amide bonds. The minimum atomic E-state index is -0.727. The summed E-state index contributed by atoms with van der Waals surface area (Å²) in [5.41, 5.74) is 45.6. The van der Waals surface area contributed by atoms with Gasteiger partial charge in [-0.3, -0.25) is 0 Å². The second-order valence-corrected chi connectivity index (χ2v) is 31.0. The van der Waals surface area contributed by atoms with Crippen LogP contribution >= 0.6 is 0 Å². The van der Waals surface area contributed by atoms with Crippen LogP contribution < -0.4 is 26.2 Å². The zero-order valence-electron chi connectivity index (χ0n) is 59.2. The second-order valence-electron chi connectivity index (χ2n) is 31.0. The number of hydrogen-bond donors (Lipinski definition) is 0. The predicted molar refractivity (Wildman–Crippen MR) is 449 cm³/mol. The molecule has 1 aromatic heterocycles. The fourth-order valence-electron chi connectivity index (χ4n) is 22.9. The highest BCUT2D eigenvalue weighted by Gasteiger charge is 2.60. The number of rotatable bonds is 4. The van der Waals surface area contributed by atoms with Gasteiger partial charge in [-0.1, -0.05) is 328 Å². The molecule has 8 aliphatic rings. The number of fused-ring (bicyclic) bond motifs is 39. The summed E-state index contributed by atoms with van der Waals surface area (Å²) in [6.45, 7) is -0.336. The van der Waals surface area contributed by atoms with Crippen LogP contribution in [0.2, 0.25) is 0 Å². The van der Waals surface area contributed by atoms with Crippen molar-refractivity contribution in [2.45, 2.75) is 16.2 Å². The molecule has 0 N–H and O–H groups in total. The summed E-state index contributed by atoms with van der Waals surface area (Å²) >= 11 is 0. The van der Waals surface area contributed by atoms with E-state index in [1.54, 1.807) is 0 Å². The maximum atomic E-state index is 2.80. The van der Waals surface area contributed by atoms with Crippen LogP contribution in [-0.2, 0) is 16.2 Å². The number of nitrogens with zero attached hydrogens (tertiary/aromatic N) is 3. The molecule has 109 heavy (non-hydrogen) atoms. The van der Waals surface area contributed by atoms with Crippen molar-refractivity contribution in [2.24, 2.45) is 0 Å². The fourth-order valence-corrected chi connectivity index (χ4v) is 22.9. The Kier molecular flexibility index (Phi) is 11.2. The van der Waals surface area contributed by atoms with Gasteiger partial charge in [-0.15, -0.1) is 0 Å². The van der Waals surface area contributed by atoms with E-state index < -0.39 is 16.2 Å². The van der Waals surface area contributed by atoms with Gasteiger partial charge in [0, 0.05) is 50.3 Å². The van der Waals surface area contributed by atoms with Crippen molar-refractivity contribution in [3.05, 3.63) is 443 Å². The van der Waals surface area contributed by atoms with E-state index in [0.29, 0.717) is 0 Å². The molecule has 6 aliphatic carbocycles. The van der Waals surface area contributed by atoms with Crippen molar-refractivity contribution >= 4 is 79.0 Å². The molecule has 0 unspecified atom stereocenters. The van der Waals surface area contributed by atoms with Crippen LogP contribution in [0, 0.1) is 0 Å². The average Bonchev–Trinajstić information content (AvgIpc) is 1.54. The summed E-state index contributed by atoms with van der Waals surface area (Å²) in [5.74, 6) is 0. The first-order valence-electron chi connectivity index (χ1n) is 38.4. The molecule has 4 heteroatoms. The first-order valence-corrected chi connectivity index (χ1v) is 38.4. The number of hydrogen-bond acceptors (Lipinski definition) is 2. The van der Waals surface area contributed by atoms with Gasteiger partial charge in [-0.05, 0) is 198 Å². The summed E-state index contributed by atoms with van der Waals surface area (Å²) in [4.78, 5) is 5.58. The van der Waals surface area contributed by atoms with Crippen molar-refractivity contribution in [1.29, 1.82) is 0 Å². The van der Waals surface area contributed by atoms with E-state index in [0.717, 1.165) is 39.5 Å². The molecule has 18 aromatic rings. The molecule has 500 valence electrons. The van der Waals surface area contributed by atoms with E-state index >= 15 is 0 Å². The van der Waals surface area contributed by atoms with Crippen LogP contribution in [-0.4, -0.2) is 11.3 Å². The van der Waals surface area contributed by atoms with Crippen LogP contribution in [0.5, 0.6) is 0 Å². The summed E-state index contributed by atoms with van der Waals surface area (Å²) in [6.07, 6.45) is 0. The lowest BCUT2D eigenvalue weighted by atomic mass is 9.32. The Bertz CT molecular complexity index is 6930. The fraction of sp³-hybridized carbons (Fsp3) is 0.0286.